The number of carbonyl (C=O) groups excluding carboxylic acids is 2. The van der Waals surface area contributed by atoms with Gasteiger partial charge in [0.1, 0.15) is 17.8 Å². The number of aromatic nitrogens is 1. The highest BCUT2D eigenvalue weighted by atomic mass is 19.1. The van der Waals surface area contributed by atoms with E-state index in [0.29, 0.717) is 11.3 Å². The van der Waals surface area contributed by atoms with Crippen molar-refractivity contribution < 1.29 is 18.5 Å². The van der Waals surface area contributed by atoms with Crippen LogP contribution >= 0.6 is 0 Å². The average Bonchev–Trinajstić information content (AvgIpc) is 3.05. The van der Waals surface area contributed by atoms with E-state index < -0.39 is 5.82 Å². The van der Waals surface area contributed by atoms with E-state index in [0.717, 1.165) is 0 Å². The molecule has 0 saturated carbocycles. The van der Waals surface area contributed by atoms with Gasteiger partial charge in [0.2, 0.25) is 5.91 Å². The Balaban J connectivity index is 1.89. The highest BCUT2D eigenvalue weighted by molar-refractivity contribution is 5.97. The summed E-state index contributed by atoms with van der Waals surface area (Å²) in [5.74, 6) is -0.740. The van der Waals surface area contributed by atoms with Crippen LogP contribution in [-0.2, 0) is 4.79 Å². The van der Waals surface area contributed by atoms with Gasteiger partial charge < -0.3 is 9.42 Å². The van der Waals surface area contributed by atoms with E-state index in [1.807, 2.05) is 6.92 Å². The summed E-state index contributed by atoms with van der Waals surface area (Å²) < 4.78 is 17.6. The molecule has 0 aliphatic carbocycles. The maximum Gasteiger partial charge on any atom is 0.223 e. The first-order valence-electron chi connectivity index (χ1n) is 6.93. The van der Waals surface area contributed by atoms with Gasteiger partial charge in [-0.2, -0.15) is 0 Å². The lowest BCUT2D eigenvalue weighted by Crippen LogP contribution is -2.30. The van der Waals surface area contributed by atoms with Crippen molar-refractivity contribution in [3.63, 3.8) is 0 Å². The molecule has 0 radical (unpaired) electrons. The second-order valence-electron chi connectivity index (χ2n) is 5.03. The molecule has 1 unspecified atom stereocenters. The monoisotopic (exact) mass is 304 g/mol. The van der Waals surface area contributed by atoms with E-state index in [2.05, 4.69) is 5.16 Å². The zero-order valence-corrected chi connectivity index (χ0v) is 12.5. The minimum absolute atomic E-state index is 0.0837. The fourth-order valence-corrected chi connectivity index (χ4v) is 2.03. The Morgan fingerprint density at radius 1 is 1.23 bits per heavy atom. The molecule has 1 atom stereocenters. The van der Waals surface area contributed by atoms with Crippen molar-refractivity contribution in [2.45, 2.75) is 25.8 Å². The van der Waals surface area contributed by atoms with E-state index in [1.165, 1.54) is 35.4 Å². The first-order chi connectivity index (χ1) is 10.5. The highest BCUT2D eigenvalue weighted by Crippen LogP contribution is 2.18. The molecule has 1 heterocycles. The van der Waals surface area contributed by atoms with Gasteiger partial charge >= 0.3 is 0 Å². The van der Waals surface area contributed by atoms with Crippen LogP contribution in [0.2, 0.25) is 0 Å². The molecule has 0 spiro atoms. The molecule has 2 rings (SSSR count). The Bertz CT molecular complexity index is 638. The maximum atomic E-state index is 12.8. The number of benzene rings is 1. The van der Waals surface area contributed by atoms with Gasteiger partial charge in [-0.15, -0.1) is 0 Å². The van der Waals surface area contributed by atoms with Crippen molar-refractivity contribution in [2.24, 2.45) is 0 Å². The number of nitrogens with zero attached hydrogens (tertiary/aromatic N) is 2. The quantitative estimate of drug-likeness (QED) is 0.770. The van der Waals surface area contributed by atoms with Crippen molar-refractivity contribution in [1.82, 2.24) is 10.1 Å². The summed E-state index contributed by atoms with van der Waals surface area (Å²) in [4.78, 5) is 25.6. The highest BCUT2D eigenvalue weighted by Gasteiger charge is 2.20. The van der Waals surface area contributed by atoms with Crippen molar-refractivity contribution >= 4 is 11.7 Å². The molecule has 0 N–H and O–H groups in total. The molecule has 0 fully saturated rings. The van der Waals surface area contributed by atoms with E-state index in [1.54, 1.807) is 13.1 Å². The molecule has 2 aromatic rings. The SMILES string of the molecule is CC(c1ccon1)N(C)C(=O)CCC(=O)c1ccc(F)cc1. The molecule has 0 saturated heterocycles. The van der Waals surface area contributed by atoms with E-state index in [-0.39, 0.29) is 30.6 Å². The summed E-state index contributed by atoms with van der Waals surface area (Å²) >= 11 is 0. The van der Waals surface area contributed by atoms with Gasteiger partial charge in [0.25, 0.3) is 0 Å². The number of amides is 1. The first-order valence-corrected chi connectivity index (χ1v) is 6.93. The molecule has 0 aliphatic heterocycles. The number of ketones is 1. The van der Waals surface area contributed by atoms with Gasteiger partial charge in [-0.25, -0.2) is 4.39 Å². The number of carbonyl (C=O) groups is 2. The summed E-state index contributed by atoms with van der Waals surface area (Å²) in [6.07, 6.45) is 1.62. The minimum atomic E-state index is -0.395. The molecule has 116 valence electrons. The largest absolute Gasteiger partial charge is 0.364 e. The summed E-state index contributed by atoms with van der Waals surface area (Å²) in [6.45, 7) is 1.83. The molecule has 1 amide bonds. The lowest BCUT2D eigenvalue weighted by atomic mass is 10.1. The maximum absolute atomic E-state index is 12.8. The average molecular weight is 304 g/mol. The fraction of sp³-hybridized carbons (Fsp3) is 0.312. The van der Waals surface area contributed by atoms with Gasteiger partial charge in [-0.3, -0.25) is 9.59 Å². The zero-order chi connectivity index (χ0) is 16.1. The topological polar surface area (TPSA) is 63.4 Å². The molecule has 6 heteroatoms. The van der Waals surface area contributed by atoms with Crippen LogP contribution in [0.4, 0.5) is 4.39 Å². The fourth-order valence-electron chi connectivity index (χ4n) is 2.03. The molecular formula is C16H17FN2O3. The molecule has 1 aromatic carbocycles. The van der Waals surface area contributed by atoms with Crippen molar-refractivity contribution in [3.8, 4) is 0 Å². The van der Waals surface area contributed by atoms with Gasteiger partial charge in [0, 0.05) is 31.5 Å². The Morgan fingerprint density at radius 3 is 2.50 bits per heavy atom. The third-order valence-electron chi connectivity index (χ3n) is 3.59. The Kier molecular flexibility index (Phi) is 5.04. The smallest absolute Gasteiger partial charge is 0.223 e. The predicted octanol–water partition coefficient (Wildman–Crippen LogP) is 3.00. The summed E-state index contributed by atoms with van der Waals surface area (Å²) in [5, 5.41) is 3.80. The summed E-state index contributed by atoms with van der Waals surface area (Å²) in [5.41, 5.74) is 1.06. The third-order valence-corrected chi connectivity index (χ3v) is 3.59. The normalized spacial score (nSPS) is 12.0. The van der Waals surface area contributed by atoms with Gasteiger partial charge in [-0.05, 0) is 31.2 Å². The summed E-state index contributed by atoms with van der Waals surface area (Å²) in [7, 11) is 1.66. The molecule has 22 heavy (non-hydrogen) atoms. The lowest BCUT2D eigenvalue weighted by Gasteiger charge is -2.23. The lowest BCUT2D eigenvalue weighted by molar-refractivity contribution is -0.131. The number of halogens is 1. The van der Waals surface area contributed by atoms with Gasteiger partial charge in [0.05, 0.1) is 6.04 Å². The number of hydrogen-bond donors (Lipinski definition) is 0. The van der Waals surface area contributed by atoms with Crippen molar-refractivity contribution in [1.29, 1.82) is 0 Å². The molecular weight excluding hydrogens is 287 g/mol. The van der Waals surface area contributed by atoms with Gasteiger partial charge in [0.15, 0.2) is 5.78 Å². The van der Waals surface area contributed by atoms with Gasteiger partial charge in [-0.1, -0.05) is 5.16 Å². The van der Waals surface area contributed by atoms with Crippen LogP contribution in [0.15, 0.2) is 41.1 Å². The van der Waals surface area contributed by atoms with Crippen LogP contribution < -0.4 is 0 Å². The van der Waals surface area contributed by atoms with E-state index in [4.69, 9.17) is 4.52 Å². The minimum Gasteiger partial charge on any atom is -0.364 e. The Hall–Kier alpha value is -2.50. The second-order valence-corrected chi connectivity index (χ2v) is 5.03. The number of hydrogen-bond acceptors (Lipinski definition) is 4. The standard InChI is InChI=1S/C16H17FN2O3/c1-11(14-9-10-22-18-14)19(2)16(21)8-7-15(20)12-3-5-13(17)6-4-12/h3-6,9-11H,7-8H2,1-2H3. The van der Waals surface area contributed by atoms with Crippen molar-refractivity contribution in [3.05, 3.63) is 53.7 Å². The first kappa shape index (κ1) is 15.9. The van der Waals surface area contributed by atoms with Crippen LogP contribution in [0.25, 0.3) is 0 Å². The number of Topliss-reactive ketones (excluding diaryl/α,β-unsaturated/α-hetero) is 1. The zero-order valence-electron chi connectivity index (χ0n) is 12.5. The Labute approximate surface area is 127 Å². The molecule has 1 aromatic heterocycles. The van der Waals surface area contributed by atoms with Crippen LogP contribution in [0.5, 0.6) is 0 Å². The van der Waals surface area contributed by atoms with Crippen molar-refractivity contribution in [2.75, 3.05) is 7.05 Å². The van der Waals surface area contributed by atoms with Crippen LogP contribution in [0.3, 0.4) is 0 Å². The van der Waals surface area contributed by atoms with Crippen LogP contribution in [0.1, 0.15) is 41.9 Å². The molecule has 0 bridgehead atoms. The van der Waals surface area contributed by atoms with Crippen LogP contribution in [0, 0.1) is 5.82 Å². The second kappa shape index (κ2) is 6.98. The Morgan fingerprint density at radius 2 is 1.91 bits per heavy atom. The molecule has 5 nitrogen and oxygen atoms in total. The summed E-state index contributed by atoms with van der Waals surface area (Å²) in [6, 6.07) is 6.76. The number of rotatable bonds is 6. The van der Waals surface area contributed by atoms with E-state index >= 15 is 0 Å². The third kappa shape index (κ3) is 3.78. The van der Waals surface area contributed by atoms with Crippen LogP contribution in [-0.4, -0.2) is 28.8 Å². The van der Waals surface area contributed by atoms with E-state index in [9.17, 15) is 14.0 Å². The molecule has 0 aliphatic rings. The predicted molar refractivity (Wildman–Crippen MR) is 77.7 cm³/mol.